The molecule has 0 spiro atoms. The number of aliphatic hydroxyl groups excluding tert-OH is 4. The van der Waals surface area contributed by atoms with Crippen LogP contribution >= 0.6 is 0 Å². The highest BCUT2D eigenvalue weighted by atomic mass is 16.7. The number of hydrogen-bond acceptors (Lipinski definition) is 10. The average Bonchev–Trinajstić information content (AvgIpc) is 2.76. The van der Waals surface area contributed by atoms with E-state index in [0.717, 1.165) is 6.07 Å². The van der Waals surface area contributed by atoms with Crippen molar-refractivity contribution in [2.24, 2.45) is 0 Å². The molecule has 2 aromatic carbocycles. The van der Waals surface area contributed by atoms with Gasteiger partial charge in [-0.2, -0.15) is 0 Å². The third-order valence-corrected chi connectivity index (χ3v) is 5.15. The highest BCUT2D eigenvalue weighted by molar-refractivity contribution is 5.88. The Hall–Kier alpha value is -3.35. The summed E-state index contributed by atoms with van der Waals surface area (Å²) in [6.07, 6.45) is -7.76. The standard InChI is InChI=1S/C21H20O11/c22-7-16-17(27)18(28)19(29)21(32-16)31-15-6-10-12(25)4-9(23)5-14(10)30-20(15)8-1-2-11(24)13(26)3-8/h1-6,16-19,21-22,27-29H,7H2,(H3-,23,24,25,26)/p+1/t16-,17-,18+,19-,21-/m0/s1. The van der Waals surface area contributed by atoms with Gasteiger partial charge in [0, 0.05) is 18.2 Å². The maximum Gasteiger partial charge on any atom is 0.402 e. The molecule has 11 heteroatoms. The van der Waals surface area contributed by atoms with E-state index in [-0.39, 0.29) is 45.3 Å². The molecule has 3 aromatic rings. The topological polar surface area (TPSA) is 192 Å². The lowest BCUT2D eigenvalue weighted by molar-refractivity contribution is -0.277. The van der Waals surface area contributed by atoms with Gasteiger partial charge < -0.3 is 50.3 Å². The number of fused-ring (bicyclic) bond motifs is 1. The summed E-state index contributed by atoms with van der Waals surface area (Å²) in [4.78, 5) is 0. The smallest absolute Gasteiger partial charge is 0.402 e. The van der Waals surface area contributed by atoms with Crippen LogP contribution in [0.25, 0.3) is 22.3 Å². The largest absolute Gasteiger partial charge is 0.507 e. The molecule has 1 aromatic heterocycles. The number of benzene rings is 2. The normalized spacial score (nSPS) is 25.7. The van der Waals surface area contributed by atoms with Gasteiger partial charge in [0.1, 0.15) is 41.3 Å². The molecule has 8 N–H and O–H groups in total. The summed E-state index contributed by atoms with van der Waals surface area (Å²) in [6.45, 7) is -0.661. The van der Waals surface area contributed by atoms with Crippen LogP contribution in [0.3, 0.4) is 0 Å². The highest BCUT2D eigenvalue weighted by Gasteiger charge is 2.45. The fourth-order valence-electron chi connectivity index (χ4n) is 3.43. The summed E-state index contributed by atoms with van der Waals surface area (Å²) >= 11 is 0. The van der Waals surface area contributed by atoms with Crippen molar-refractivity contribution in [2.45, 2.75) is 30.7 Å². The van der Waals surface area contributed by atoms with E-state index < -0.39 is 43.1 Å². The number of hydrogen-bond donors (Lipinski definition) is 8. The minimum absolute atomic E-state index is 0.0465. The van der Waals surface area contributed by atoms with Gasteiger partial charge in [0.05, 0.1) is 18.2 Å². The van der Waals surface area contributed by atoms with Gasteiger partial charge in [-0.1, -0.05) is 0 Å². The van der Waals surface area contributed by atoms with E-state index in [1.807, 2.05) is 0 Å². The van der Waals surface area contributed by atoms with Crippen LogP contribution < -0.4 is 4.74 Å². The van der Waals surface area contributed by atoms with Gasteiger partial charge in [0.15, 0.2) is 11.5 Å². The lowest BCUT2D eigenvalue weighted by Crippen LogP contribution is -2.60. The first-order valence-corrected chi connectivity index (χ1v) is 9.52. The van der Waals surface area contributed by atoms with Crippen LogP contribution in [0.15, 0.2) is 40.8 Å². The SMILES string of the molecule is OC[C@@H]1O[C@H](Oc2cc3c(O)cc(O)cc3[o+]c2-c2ccc(O)c(O)c2)[C@@H](O)[C@H](O)[C@H]1O. The van der Waals surface area contributed by atoms with E-state index in [2.05, 4.69) is 0 Å². The molecule has 0 unspecified atom stereocenters. The molecule has 1 aliphatic rings. The molecule has 1 saturated heterocycles. The molecular weight excluding hydrogens is 428 g/mol. The lowest BCUT2D eigenvalue weighted by atomic mass is 9.99. The zero-order chi connectivity index (χ0) is 23.2. The van der Waals surface area contributed by atoms with Crippen LogP contribution in [0, 0.1) is 0 Å². The Labute approximate surface area is 180 Å². The molecule has 0 amide bonds. The number of ether oxygens (including phenoxy) is 2. The van der Waals surface area contributed by atoms with E-state index in [4.69, 9.17) is 13.9 Å². The van der Waals surface area contributed by atoms with Crippen molar-refractivity contribution in [1.82, 2.24) is 0 Å². The van der Waals surface area contributed by atoms with E-state index in [1.165, 1.54) is 30.3 Å². The Morgan fingerprint density at radius 1 is 0.844 bits per heavy atom. The van der Waals surface area contributed by atoms with Crippen LogP contribution in [0.1, 0.15) is 0 Å². The van der Waals surface area contributed by atoms with Crippen molar-refractivity contribution >= 4 is 11.0 Å². The first-order valence-electron chi connectivity index (χ1n) is 9.52. The second kappa shape index (κ2) is 8.30. The molecule has 0 radical (unpaired) electrons. The molecule has 4 rings (SSSR count). The van der Waals surface area contributed by atoms with E-state index in [1.54, 1.807) is 0 Å². The molecule has 0 bridgehead atoms. The summed E-state index contributed by atoms with van der Waals surface area (Å²) in [6, 6.07) is 7.37. The average molecular weight is 449 g/mol. The second-order valence-corrected chi connectivity index (χ2v) is 7.34. The predicted molar refractivity (Wildman–Crippen MR) is 107 cm³/mol. The van der Waals surface area contributed by atoms with Crippen molar-refractivity contribution < 1.29 is 54.7 Å². The fourth-order valence-corrected chi connectivity index (χ4v) is 3.43. The number of phenols is 4. The summed E-state index contributed by atoms with van der Waals surface area (Å²) in [7, 11) is 0. The zero-order valence-electron chi connectivity index (χ0n) is 16.4. The molecular formula is C21H21O11+. The van der Waals surface area contributed by atoms with Crippen LogP contribution in [0.5, 0.6) is 28.7 Å². The monoisotopic (exact) mass is 449 g/mol. The summed E-state index contributed by atoms with van der Waals surface area (Å²) < 4.78 is 16.8. The Bertz CT molecular complexity index is 1150. The molecule has 1 aliphatic heterocycles. The lowest BCUT2D eigenvalue weighted by Gasteiger charge is -2.39. The molecule has 11 nitrogen and oxygen atoms in total. The van der Waals surface area contributed by atoms with Gasteiger partial charge in [-0.05, 0) is 12.1 Å². The van der Waals surface area contributed by atoms with Gasteiger partial charge in [0.25, 0.3) is 0 Å². The van der Waals surface area contributed by atoms with Gasteiger partial charge in [0.2, 0.25) is 12.0 Å². The number of aromatic hydroxyl groups is 4. The van der Waals surface area contributed by atoms with Crippen LogP contribution in [-0.2, 0) is 4.74 Å². The first kappa shape index (κ1) is 21.9. The maximum atomic E-state index is 10.3. The van der Waals surface area contributed by atoms with Crippen LogP contribution in [0.2, 0.25) is 0 Å². The van der Waals surface area contributed by atoms with Crippen molar-refractivity contribution in [3.8, 4) is 40.1 Å². The Morgan fingerprint density at radius 3 is 2.28 bits per heavy atom. The Balaban J connectivity index is 1.84. The number of rotatable bonds is 4. The first-order chi connectivity index (χ1) is 15.2. The summed E-state index contributed by atoms with van der Waals surface area (Å²) in [5.41, 5.74) is 0.260. The Kier molecular flexibility index (Phi) is 5.67. The molecule has 2 heterocycles. The van der Waals surface area contributed by atoms with E-state index >= 15 is 0 Å². The van der Waals surface area contributed by atoms with Gasteiger partial charge in [-0.15, -0.1) is 0 Å². The molecule has 0 saturated carbocycles. The highest BCUT2D eigenvalue weighted by Crippen LogP contribution is 2.42. The number of phenolic OH excluding ortho intramolecular Hbond substituents is 4. The van der Waals surface area contributed by atoms with Crippen LogP contribution in [0.4, 0.5) is 0 Å². The number of aliphatic hydroxyl groups is 4. The molecule has 1 fully saturated rings. The van der Waals surface area contributed by atoms with Crippen molar-refractivity contribution in [3.63, 3.8) is 0 Å². The zero-order valence-corrected chi connectivity index (χ0v) is 16.4. The van der Waals surface area contributed by atoms with Gasteiger partial charge >= 0.3 is 11.3 Å². The third-order valence-electron chi connectivity index (χ3n) is 5.15. The minimum Gasteiger partial charge on any atom is -0.507 e. The Morgan fingerprint density at radius 2 is 1.59 bits per heavy atom. The van der Waals surface area contributed by atoms with Crippen molar-refractivity contribution in [1.29, 1.82) is 0 Å². The quantitative estimate of drug-likeness (QED) is 0.203. The minimum atomic E-state index is -1.71. The molecule has 170 valence electrons. The van der Waals surface area contributed by atoms with E-state index in [9.17, 15) is 40.9 Å². The van der Waals surface area contributed by atoms with Crippen molar-refractivity contribution in [3.05, 3.63) is 36.4 Å². The second-order valence-electron chi connectivity index (χ2n) is 7.34. The van der Waals surface area contributed by atoms with Gasteiger partial charge in [-0.25, -0.2) is 4.42 Å². The molecule has 32 heavy (non-hydrogen) atoms. The van der Waals surface area contributed by atoms with Crippen molar-refractivity contribution in [2.75, 3.05) is 6.61 Å². The van der Waals surface area contributed by atoms with Crippen LogP contribution in [-0.4, -0.2) is 78.2 Å². The predicted octanol–water partition coefficient (Wildman–Crippen LogP) is 0.382. The van der Waals surface area contributed by atoms with E-state index in [0.29, 0.717) is 0 Å². The maximum absolute atomic E-state index is 10.3. The van der Waals surface area contributed by atoms with Gasteiger partial charge in [-0.3, -0.25) is 0 Å². The summed E-state index contributed by atoms with van der Waals surface area (Å²) in [5, 5.41) is 79.2. The summed E-state index contributed by atoms with van der Waals surface area (Å²) in [5.74, 6) is -1.64. The molecule has 5 atom stereocenters. The molecule has 0 aliphatic carbocycles. The fraction of sp³-hybridized carbons (Fsp3) is 0.286. The third kappa shape index (κ3) is 3.83.